The molecular weight excluding hydrogens is 426 g/mol. The van der Waals surface area contributed by atoms with Crippen molar-refractivity contribution in [2.75, 3.05) is 24.7 Å². The number of aromatic nitrogens is 3. The van der Waals surface area contributed by atoms with Crippen LogP contribution in [0.25, 0.3) is 5.65 Å². The fourth-order valence-corrected chi connectivity index (χ4v) is 4.18. The predicted molar refractivity (Wildman–Crippen MR) is 124 cm³/mol. The average Bonchev–Trinajstić information content (AvgIpc) is 3.39. The van der Waals surface area contributed by atoms with Crippen LogP contribution in [0.5, 0.6) is 0 Å². The lowest BCUT2D eigenvalue weighted by molar-refractivity contribution is 0.0293. The number of hydrogen-bond donors (Lipinski definition) is 1. The molecule has 0 saturated carbocycles. The number of nitrogens with one attached hydrogen (secondary N) is 1. The van der Waals surface area contributed by atoms with Crippen LogP contribution in [0.15, 0.2) is 47.6 Å². The molecule has 1 atom stereocenters. The Labute approximate surface area is 191 Å². The van der Waals surface area contributed by atoms with Crippen molar-refractivity contribution in [3.8, 4) is 0 Å². The normalized spacial score (nSPS) is 16.4. The maximum atomic E-state index is 13.0. The molecule has 32 heavy (non-hydrogen) atoms. The Morgan fingerprint density at radius 2 is 1.97 bits per heavy atom. The molecule has 1 fully saturated rings. The zero-order valence-electron chi connectivity index (χ0n) is 18.7. The monoisotopic (exact) mass is 453 g/mol. The van der Waals surface area contributed by atoms with Crippen molar-refractivity contribution < 1.29 is 14.3 Å². The number of carbonyl (C=O) groups excluding carboxylic acids is 2. The number of rotatable bonds is 5. The van der Waals surface area contributed by atoms with E-state index in [9.17, 15) is 9.59 Å². The molecular formula is C23H27N5O3S. The van der Waals surface area contributed by atoms with Gasteiger partial charge in [-0.15, -0.1) is 11.8 Å². The van der Waals surface area contributed by atoms with Crippen LogP contribution in [0.3, 0.4) is 0 Å². The van der Waals surface area contributed by atoms with Gasteiger partial charge in [0.25, 0.3) is 0 Å². The smallest absolute Gasteiger partial charge is 0.410 e. The van der Waals surface area contributed by atoms with Crippen LogP contribution in [0.2, 0.25) is 0 Å². The van der Waals surface area contributed by atoms with E-state index in [1.165, 1.54) is 11.8 Å². The number of likely N-dealkylation sites (tertiary alicyclic amines) is 1. The summed E-state index contributed by atoms with van der Waals surface area (Å²) in [4.78, 5) is 31.8. The topological polar surface area (TPSA) is 88.8 Å². The first-order valence-corrected chi connectivity index (χ1v) is 11.7. The summed E-state index contributed by atoms with van der Waals surface area (Å²) >= 11 is 1.53. The van der Waals surface area contributed by atoms with Crippen molar-refractivity contribution in [2.24, 2.45) is 0 Å². The Bertz CT molecular complexity index is 1140. The zero-order chi connectivity index (χ0) is 22.9. The Morgan fingerprint density at radius 3 is 2.66 bits per heavy atom. The van der Waals surface area contributed by atoms with Gasteiger partial charge in [0.1, 0.15) is 16.4 Å². The molecule has 0 bridgehead atoms. The van der Waals surface area contributed by atoms with Crippen molar-refractivity contribution in [2.45, 2.75) is 43.9 Å². The number of thioether (sulfide) groups is 1. The molecule has 168 valence electrons. The summed E-state index contributed by atoms with van der Waals surface area (Å²) in [5.41, 5.74) is 1.04. The molecule has 1 aromatic carbocycles. The molecule has 0 aliphatic carbocycles. The summed E-state index contributed by atoms with van der Waals surface area (Å²) in [5, 5.41) is 8.69. The Morgan fingerprint density at radius 1 is 1.22 bits per heavy atom. The van der Waals surface area contributed by atoms with E-state index in [-0.39, 0.29) is 17.9 Å². The number of amides is 1. The third-order valence-electron chi connectivity index (χ3n) is 5.12. The number of ether oxygens (including phenoxy) is 1. The number of hydrogen-bond acceptors (Lipinski definition) is 7. The first kappa shape index (κ1) is 22.1. The molecule has 8 nitrogen and oxygen atoms in total. The summed E-state index contributed by atoms with van der Waals surface area (Å²) in [6, 6.07) is 11.1. The number of benzene rings is 1. The van der Waals surface area contributed by atoms with Gasteiger partial charge in [0.2, 0.25) is 0 Å². The van der Waals surface area contributed by atoms with Crippen molar-refractivity contribution >= 4 is 35.1 Å². The van der Waals surface area contributed by atoms with Crippen molar-refractivity contribution in [3.05, 3.63) is 53.7 Å². The Balaban J connectivity index is 1.56. The van der Waals surface area contributed by atoms with E-state index >= 15 is 0 Å². The SMILES string of the molecule is CSc1cc(N[C@H]2CCN(C(=O)OC(C)(C)C)C2)nc2c(C(=O)c3ccccc3)cnn12. The molecule has 9 heteroatoms. The molecule has 2 aromatic heterocycles. The predicted octanol–water partition coefficient (Wildman–Crippen LogP) is 4.10. The molecule has 1 aliphatic rings. The second-order valence-corrected chi connectivity index (χ2v) is 9.56. The van der Waals surface area contributed by atoms with Gasteiger partial charge in [0.15, 0.2) is 11.4 Å². The molecule has 0 unspecified atom stereocenters. The van der Waals surface area contributed by atoms with Gasteiger partial charge in [-0.25, -0.2) is 14.3 Å². The van der Waals surface area contributed by atoms with E-state index in [2.05, 4.69) is 10.4 Å². The molecule has 4 rings (SSSR count). The van der Waals surface area contributed by atoms with Gasteiger partial charge >= 0.3 is 6.09 Å². The number of ketones is 1. The first-order valence-electron chi connectivity index (χ1n) is 10.5. The fraction of sp³-hybridized carbons (Fsp3) is 0.391. The van der Waals surface area contributed by atoms with Gasteiger partial charge in [-0.2, -0.15) is 5.10 Å². The number of nitrogens with zero attached hydrogens (tertiary/aromatic N) is 4. The molecule has 1 saturated heterocycles. The van der Waals surface area contributed by atoms with Crippen molar-refractivity contribution in [1.29, 1.82) is 0 Å². The summed E-state index contributed by atoms with van der Waals surface area (Å²) in [6.07, 6.45) is 4.01. The lowest BCUT2D eigenvalue weighted by atomic mass is 10.1. The highest BCUT2D eigenvalue weighted by atomic mass is 32.2. The summed E-state index contributed by atoms with van der Waals surface area (Å²) < 4.78 is 7.17. The van der Waals surface area contributed by atoms with E-state index in [0.717, 1.165) is 11.4 Å². The standard InChI is InChI=1S/C23H27N5O3S/c1-23(2,3)31-22(30)27-11-10-16(14-27)25-18-12-19(32-4)28-21(26-18)17(13-24-28)20(29)15-8-6-5-7-9-15/h5-9,12-13,16H,10-11,14H2,1-4H3,(H,25,26)/t16-/m0/s1. The van der Waals surface area contributed by atoms with Gasteiger partial charge in [0.05, 0.1) is 11.8 Å². The number of carbonyl (C=O) groups is 2. The maximum Gasteiger partial charge on any atom is 0.410 e. The minimum atomic E-state index is -0.522. The van der Waals surface area contributed by atoms with Crippen LogP contribution >= 0.6 is 11.8 Å². The van der Waals surface area contributed by atoms with Crippen LogP contribution in [0, 0.1) is 0 Å². The zero-order valence-corrected chi connectivity index (χ0v) is 19.5. The first-order chi connectivity index (χ1) is 15.2. The second-order valence-electron chi connectivity index (χ2n) is 8.73. The minimum absolute atomic E-state index is 0.0448. The van der Waals surface area contributed by atoms with Gasteiger partial charge < -0.3 is 15.0 Å². The van der Waals surface area contributed by atoms with E-state index < -0.39 is 5.60 Å². The van der Waals surface area contributed by atoms with Crippen LogP contribution in [0.1, 0.15) is 43.1 Å². The molecule has 3 heterocycles. The van der Waals surface area contributed by atoms with E-state index in [4.69, 9.17) is 9.72 Å². The number of anilines is 1. The van der Waals surface area contributed by atoms with Crippen LogP contribution in [0.4, 0.5) is 10.6 Å². The molecule has 3 aromatic rings. The summed E-state index contributed by atoms with van der Waals surface area (Å²) in [7, 11) is 0. The van der Waals surface area contributed by atoms with E-state index in [1.54, 1.807) is 27.7 Å². The highest BCUT2D eigenvalue weighted by molar-refractivity contribution is 7.98. The average molecular weight is 454 g/mol. The summed E-state index contributed by atoms with van der Waals surface area (Å²) in [6.45, 7) is 6.74. The van der Waals surface area contributed by atoms with E-state index in [0.29, 0.717) is 35.7 Å². The molecule has 0 radical (unpaired) electrons. The lowest BCUT2D eigenvalue weighted by Gasteiger charge is -2.24. The van der Waals surface area contributed by atoms with Gasteiger partial charge in [-0.05, 0) is 33.4 Å². The molecule has 1 aliphatic heterocycles. The third kappa shape index (κ3) is 4.72. The lowest BCUT2D eigenvalue weighted by Crippen LogP contribution is -2.36. The van der Waals surface area contributed by atoms with Crippen molar-refractivity contribution in [1.82, 2.24) is 19.5 Å². The molecule has 1 amide bonds. The molecule has 0 spiro atoms. The minimum Gasteiger partial charge on any atom is -0.444 e. The fourth-order valence-electron chi connectivity index (χ4n) is 3.64. The van der Waals surface area contributed by atoms with Crippen LogP contribution in [-0.2, 0) is 4.74 Å². The number of fused-ring (bicyclic) bond motifs is 1. The maximum absolute atomic E-state index is 13.0. The largest absolute Gasteiger partial charge is 0.444 e. The van der Waals surface area contributed by atoms with E-state index in [1.807, 2.05) is 51.3 Å². The summed E-state index contributed by atoms with van der Waals surface area (Å²) in [5.74, 6) is 0.537. The highest BCUT2D eigenvalue weighted by Gasteiger charge is 2.30. The van der Waals surface area contributed by atoms with Crippen molar-refractivity contribution in [3.63, 3.8) is 0 Å². The molecule has 1 N–H and O–H groups in total. The van der Waals surface area contributed by atoms with Gasteiger partial charge in [0, 0.05) is 30.8 Å². The third-order valence-corrected chi connectivity index (χ3v) is 5.83. The quantitative estimate of drug-likeness (QED) is 0.353. The second kappa shape index (κ2) is 8.82. The Kier molecular flexibility index (Phi) is 6.10. The Hall–Kier alpha value is -3.07. The van der Waals surface area contributed by atoms with Crippen LogP contribution in [-0.4, -0.2) is 62.4 Å². The van der Waals surface area contributed by atoms with Gasteiger partial charge in [-0.1, -0.05) is 30.3 Å². The van der Waals surface area contributed by atoms with Gasteiger partial charge in [-0.3, -0.25) is 4.79 Å². The highest BCUT2D eigenvalue weighted by Crippen LogP contribution is 2.25. The van der Waals surface area contributed by atoms with Crippen LogP contribution < -0.4 is 5.32 Å².